The molecule has 1 aromatic carbocycles. The van der Waals surface area contributed by atoms with Crippen molar-refractivity contribution in [1.82, 2.24) is 5.32 Å². The smallest absolute Gasteiger partial charge is 0.207 e. The molecular formula is C14H16FN3O. The molecule has 4 nitrogen and oxygen atoms in total. The van der Waals surface area contributed by atoms with Crippen molar-refractivity contribution in [1.29, 1.82) is 5.26 Å². The number of benzene rings is 1. The molecule has 0 aromatic heterocycles. The third kappa shape index (κ3) is 3.22. The van der Waals surface area contributed by atoms with Gasteiger partial charge >= 0.3 is 0 Å². The summed E-state index contributed by atoms with van der Waals surface area (Å²) in [6, 6.07) is 6.36. The highest BCUT2D eigenvalue weighted by atomic mass is 19.1. The van der Waals surface area contributed by atoms with Gasteiger partial charge in [0, 0.05) is 19.6 Å². The summed E-state index contributed by atoms with van der Waals surface area (Å²) in [7, 11) is 0. The second-order valence-corrected chi connectivity index (χ2v) is 4.73. The first kappa shape index (κ1) is 13.3. The van der Waals surface area contributed by atoms with Gasteiger partial charge in [0.05, 0.1) is 11.3 Å². The number of nitriles is 1. The van der Waals surface area contributed by atoms with Crippen molar-refractivity contribution in [3.8, 4) is 6.07 Å². The van der Waals surface area contributed by atoms with Crippen LogP contribution in [0.5, 0.6) is 0 Å². The summed E-state index contributed by atoms with van der Waals surface area (Å²) in [5.41, 5.74) is 1.18. The van der Waals surface area contributed by atoms with Gasteiger partial charge in [0.2, 0.25) is 6.41 Å². The van der Waals surface area contributed by atoms with Crippen LogP contribution in [0.4, 0.5) is 10.1 Å². The van der Waals surface area contributed by atoms with Crippen LogP contribution >= 0.6 is 0 Å². The van der Waals surface area contributed by atoms with E-state index in [9.17, 15) is 9.18 Å². The van der Waals surface area contributed by atoms with Crippen LogP contribution in [0.1, 0.15) is 18.4 Å². The van der Waals surface area contributed by atoms with Crippen LogP contribution in [0, 0.1) is 23.1 Å². The van der Waals surface area contributed by atoms with Crippen molar-refractivity contribution in [3.05, 3.63) is 29.6 Å². The molecule has 0 aliphatic carbocycles. The number of piperidine rings is 1. The van der Waals surface area contributed by atoms with Crippen molar-refractivity contribution in [2.75, 3.05) is 24.5 Å². The topological polar surface area (TPSA) is 56.1 Å². The van der Waals surface area contributed by atoms with Crippen LogP contribution in [-0.4, -0.2) is 26.0 Å². The number of hydrogen-bond donors (Lipinski definition) is 1. The Morgan fingerprint density at radius 3 is 2.84 bits per heavy atom. The third-order valence-corrected chi connectivity index (χ3v) is 3.52. The molecular weight excluding hydrogens is 245 g/mol. The van der Waals surface area contributed by atoms with Crippen LogP contribution in [0.15, 0.2) is 18.2 Å². The number of carbonyl (C=O) groups is 1. The lowest BCUT2D eigenvalue weighted by atomic mass is 9.96. The molecule has 100 valence electrons. The van der Waals surface area contributed by atoms with Gasteiger partial charge in [-0.25, -0.2) is 4.39 Å². The number of rotatable bonds is 4. The Kier molecular flexibility index (Phi) is 4.35. The van der Waals surface area contributed by atoms with Gasteiger partial charge in [0.15, 0.2) is 0 Å². The van der Waals surface area contributed by atoms with Crippen molar-refractivity contribution in [2.45, 2.75) is 12.8 Å². The van der Waals surface area contributed by atoms with Gasteiger partial charge in [-0.15, -0.1) is 0 Å². The Bertz CT molecular complexity index is 490. The molecule has 0 atom stereocenters. The van der Waals surface area contributed by atoms with E-state index in [0.717, 1.165) is 38.0 Å². The van der Waals surface area contributed by atoms with Crippen molar-refractivity contribution in [2.24, 2.45) is 5.92 Å². The average Bonchev–Trinajstić information content (AvgIpc) is 2.45. The quantitative estimate of drug-likeness (QED) is 0.839. The molecule has 1 aliphatic heterocycles. The van der Waals surface area contributed by atoms with Crippen molar-refractivity contribution >= 4 is 12.1 Å². The van der Waals surface area contributed by atoms with Gasteiger partial charge in [-0.1, -0.05) is 0 Å². The standard InChI is InChI=1S/C14H16FN3O/c15-13-1-2-14(12(7-13)8-16)18-5-3-11(4-6-18)9-17-10-19/h1-2,7,10-11H,3-6,9H2,(H,17,19). The summed E-state index contributed by atoms with van der Waals surface area (Å²) >= 11 is 0. The zero-order chi connectivity index (χ0) is 13.7. The summed E-state index contributed by atoms with van der Waals surface area (Å²) in [4.78, 5) is 12.4. The number of amides is 1. The Morgan fingerprint density at radius 2 is 2.21 bits per heavy atom. The predicted molar refractivity (Wildman–Crippen MR) is 70.1 cm³/mol. The molecule has 1 aromatic rings. The largest absolute Gasteiger partial charge is 0.370 e. The van der Waals surface area contributed by atoms with Crippen LogP contribution in [0.3, 0.4) is 0 Å². The fourth-order valence-corrected chi connectivity index (χ4v) is 2.47. The minimum atomic E-state index is -0.384. The van der Waals surface area contributed by atoms with Crippen molar-refractivity contribution < 1.29 is 9.18 Å². The van der Waals surface area contributed by atoms with E-state index in [1.807, 2.05) is 6.07 Å². The maximum Gasteiger partial charge on any atom is 0.207 e. The highest BCUT2D eigenvalue weighted by Crippen LogP contribution is 2.26. The molecule has 1 heterocycles. The van der Waals surface area contributed by atoms with Gasteiger partial charge in [0.25, 0.3) is 0 Å². The molecule has 1 amide bonds. The van der Waals surface area contributed by atoms with Crippen LogP contribution in [0.25, 0.3) is 0 Å². The van der Waals surface area contributed by atoms with E-state index < -0.39 is 0 Å². The molecule has 1 fully saturated rings. The molecule has 2 rings (SSSR count). The van der Waals surface area contributed by atoms with E-state index >= 15 is 0 Å². The molecule has 5 heteroatoms. The summed E-state index contributed by atoms with van der Waals surface area (Å²) in [6.07, 6.45) is 2.65. The van der Waals surface area contributed by atoms with Crippen LogP contribution < -0.4 is 10.2 Å². The van der Waals surface area contributed by atoms with Gasteiger partial charge in [0.1, 0.15) is 11.9 Å². The molecule has 19 heavy (non-hydrogen) atoms. The first-order valence-electron chi connectivity index (χ1n) is 6.36. The second kappa shape index (κ2) is 6.19. The second-order valence-electron chi connectivity index (χ2n) is 4.73. The van der Waals surface area contributed by atoms with Gasteiger partial charge in [-0.05, 0) is 37.0 Å². The van der Waals surface area contributed by atoms with Gasteiger partial charge in [-0.3, -0.25) is 4.79 Å². The normalized spacial score (nSPS) is 15.9. The number of carbonyl (C=O) groups excluding carboxylic acids is 1. The van der Waals surface area contributed by atoms with Crippen molar-refractivity contribution in [3.63, 3.8) is 0 Å². The number of nitrogens with one attached hydrogen (secondary N) is 1. The maximum absolute atomic E-state index is 13.1. The molecule has 0 saturated carbocycles. The van der Waals surface area contributed by atoms with E-state index in [1.54, 1.807) is 6.07 Å². The van der Waals surface area contributed by atoms with E-state index in [-0.39, 0.29) is 5.82 Å². The lowest BCUT2D eigenvalue weighted by Gasteiger charge is -2.34. The molecule has 0 radical (unpaired) electrons. The maximum atomic E-state index is 13.1. The Hall–Kier alpha value is -2.09. The van der Waals surface area contributed by atoms with Gasteiger partial charge in [-0.2, -0.15) is 5.26 Å². The lowest BCUT2D eigenvalue weighted by Crippen LogP contribution is -2.37. The van der Waals surface area contributed by atoms with Gasteiger partial charge < -0.3 is 10.2 Å². The van der Waals surface area contributed by atoms with Crippen LogP contribution in [0.2, 0.25) is 0 Å². The highest BCUT2D eigenvalue weighted by molar-refractivity contribution is 5.59. The zero-order valence-corrected chi connectivity index (χ0v) is 10.6. The number of hydrogen-bond acceptors (Lipinski definition) is 3. The monoisotopic (exact) mass is 261 g/mol. The molecule has 1 saturated heterocycles. The average molecular weight is 261 g/mol. The number of anilines is 1. The highest BCUT2D eigenvalue weighted by Gasteiger charge is 2.21. The molecule has 0 spiro atoms. The first-order chi connectivity index (χ1) is 9.24. The summed E-state index contributed by atoms with van der Waals surface area (Å²) < 4.78 is 13.1. The fourth-order valence-electron chi connectivity index (χ4n) is 2.47. The zero-order valence-electron chi connectivity index (χ0n) is 10.6. The van der Waals surface area contributed by atoms with Crippen LogP contribution in [-0.2, 0) is 4.79 Å². The Morgan fingerprint density at radius 1 is 1.47 bits per heavy atom. The minimum absolute atomic E-state index is 0.379. The predicted octanol–water partition coefficient (Wildman–Crippen LogP) is 1.66. The number of halogens is 1. The molecule has 0 unspecified atom stereocenters. The first-order valence-corrected chi connectivity index (χ1v) is 6.36. The Labute approximate surface area is 111 Å². The lowest BCUT2D eigenvalue weighted by molar-refractivity contribution is -0.109. The summed E-state index contributed by atoms with van der Waals surface area (Å²) in [5.74, 6) is 0.0952. The Balaban J connectivity index is 2.02. The summed E-state index contributed by atoms with van der Waals surface area (Å²) in [5, 5.41) is 11.8. The van der Waals surface area contributed by atoms with E-state index in [4.69, 9.17) is 5.26 Å². The van der Waals surface area contributed by atoms with E-state index in [1.165, 1.54) is 12.1 Å². The summed E-state index contributed by atoms with van der Waals surface area (Å²) in [6.45, 7) is 2.35. The number of nitrogens with zero attached hydrogens (tertiary/aromatic N) is 2. The third-order valence-electron chi connectivity index (χ3n) is 3.52. The minimum Gasteiger partial charge on any atom is -0.370 e. The van der Waals surface area contributed by atoms with E-state index in [0.29, 0.717) is 18.0 Å². The SMILES string of the molecule is N#Cc1cc(F)ccc1N1CCC(CNC=O)CC1. The molecule has 1 N–H and O–H groups in total. The molecule has 1 aliphatic rings. The molecule has 0 bridgehead atoms. The van der Waals surface area contributed by atoms with E-state index in [2.05, 4.69) is 10.2 Å². The fraction of sp³-hybridized carbons (Fsp3) is 0.429.